The summed E-state index contributed by atoms with van der Waals surface area (Å²) in [5, 5.41) is 14.2. The van der Waals surface area contributed by atoms with Crippen LogP contribution in [0.1, 0.15) is 24.4 Å². The molecule has 0 unspecified atom stereocenters. The van der Waals surface area contributed by atoms with Gasteiger partial charge >= 0.3 is 0 Å². The highest BCUT2D eigenvalue weighted by Crippen LogP contribution is 2.30. The Hall–Kier alpha value is -5.62. The second kappa shape index (κ2) is 9.68. The van der Waals surface area contributed by atoms with Crippen molar-refractivity contribution in [3.8, 4) is 22.9 Å². The first-order valence-electron chi connectivity index (χ1n) is 12.3. The van der Waals surface area contributed by atoms with Gasteiger partial charge in [0, 0.05) is 17.1 Å². The molecule has 3 heterocycles. The molecule has 0 radical (unpaired) electrons. The van der Waals surface area contributed by atoms with E-state index in [1.807, 2.05) is 85.8 Å². The van der Waals surface area contributed by atoms with E-state index in [1.165, 1.54) is 6.20 Å². The fraction of sp³-hybridized carbons (Fsp3) is 0.0667. The minimum Gasteiger partial charge on any atom is -0.368 e. The summed E-state index contributed by atoms with van der Waals surface area (Å²) in [5.41, 5.74) is 9.45. The predicted molar refractivity (Wildman–Crippen MR) is 151 cm³/mol. The number of nitrogens with two attached hydrogens (primary N) is 1. The molecule has 188 valence electrons. The molecule has 0 aliphatic heterocycles. The molecule has 9 nitrogen and oxygen atoms in total. The van der Waals surface area contributed by atoms with E-state index in [2.05, 4.69) is 26.3 Å². The van der Waals surface area contributed by atoms with Gasteiger partial charge in [-0.15, -0.1) is 0 Å². The van der Waals surface area contributed by atoms with Crippen molar-refractivity contribution in [2.24, 2.45) is 0 Å². The number of nitrogens with one attached hydrogen (secondary N) is 1. The first kappa shape index (κ1) is 23.8. The lowest BCUT2D eigenvalue weighted by Gasteiger charge is -2.21. The fourth-order valence-electron chi connectivity index (χ4n) is 4.68. The standard InChI is InChI=1S/C30H22N8O/c1-18(35-27-21(15-31)17-34-30(32)37-27)28-36-25-13-7-11-23(20-14-19-8-5-6-12-24(19)33-16-20)26(25)29(39)38(28)22-9-3-2-4-10-22/h2-14,16-18H,1H3,(H3,32,34,35,37)/t18-/m0/s1. The van der Waals surface area contributed by atoms with Crippen molar-refractivity contribution in [3.05, 3.63) is 113 Å². The number of aromatic nitrogens is 5. The Bertz CT molecular complexity index is 1960. The predicted octanol–water partition coefficient (Wildman–Crippen LogP) is 5.02. The molecule has 3 N–H and O–H groups in total. The summed E-state index contributed by atoms with van der Waals surface area (Å²) in [6.07, 6.45) is 3.14. The van der Waals surface area contributed by atoms with Crippen LogP contribution in [0.3, 0.4) is 0 Å². The Kier molecular flexibility index (Phi) is 5.90. The van der Waals surface area contributed by atoms with Crippen LogP contribution in [0.4, 0.5) is 11.8 Å². The van der Waals surface area contributed by atoms with Crippen molar-refractivity contribution in [2.45, 2.75) is 13.0 Å². The maximum atomic E-state index is 14.3. The van der Waals surface area contributed by atoms with Crippen molar-refractivity contribution >= 4 is 33.6 Å². The number of nitrogen functional groups attached to an aromatic ring is 1. The second-order valence-corrected chi connectivity index (χ2v) is 9.03. The number of nitrogens with zero attached hydrogens (tertiary/aromatic N) is 6. The van der Waals surface area contributed by atoms with Crippen molar-refractivity contribution in [2.75, 3.05) is 11.1 Å². The molecular weight excluding hydrogens is 488 g/mol. The monoisotopic (exact) mass is 510 g/mol. The third-order valence-corrected chi connectivity index (χ3v) is 6.51. The summed E-state index contributed by atoms with van der Waals surface area (Å²) in [6.45, 7) is 1.85. The third kappa shape index (κ3) is 4.30. The van der Waals surface area contributed by atoms with Gasteiger partial charge in [-0.3, -0.25) is 14.3 Å². The average molecular weight is 511 g/mol. The van der Waals surface area contributed by atoms with Crippen LogP contribution in [0, 0.1) is 11.3 Å². The molecular formula is C30H22N8O. The summed E-state index contributed by atoms with van der Waals surface area (Å²) < 4.78 is 1.59. The van der Waals surface area contributed by atoms with Crippen molar-refractivity contribution in [1.29, 1.82) is 5.26 Å². The third-order valence-electron chi connectivity index (χ3n) is 6.51. The molecule has 9 heteroatoms. The quantitative estimate of drug-likeness (QED) is 0.330. The molecule has 6 rings (SSSR count). The summed E-state index contributed by atoms with van der Waals surface area (Å²) in [5.74, 6) is 0.750. The number of rotatable bonds is 5. The number of benzene rings is 3. The molecule has 0 aliphatic carbocycles. The van der Waals surface area contributed by atoms with Gasteiger partial charge < -0.3 is 11.1 Å². The fourth-order valence-corrected chi connectivity index (χ4v) is 4.68. The minimum atomic E-state index is -0.519. The van der Waals surface area contributed by atoms with E-state index in [-0.39, 0.29) is 22.9 Å². The van der Waals surface area contributed by atoms with Crippen LogP contribution in [0.5, 0.6) is 0 Å². The molecule has 6 aromatic rings. The molecule has 0 saturated heterocycles. The van der Waals surface area contributed by atoms with Crippen LogP contribution in [0.25, 0.3) is 38.6 Å². The van der Waals surface area contributed by atoms with E-state index in [4.69, 9.17) is 10.7 Å². The van der Waals surface area contributed by atoms with Gasteiger partial charge in [-0.25, -0.2) is 9.97 Å². The van der Waals surface area contributed by atoms with Gasteiger partial charge in [0.25, 0.3) is 5.56 Å². The number of hydrogen-bond acceptors (Lipinski definition) is 8. The number of fused-ring (bicyclic) bond motifs is 2. The molecule has 3 aromatic heterocycles. The first-order chi connectivity index (χ1) is 19.0. The molecule has 39 heavy (non-hydrogen) atoms. The molecule has 0 aliphatic rings. The zero-order valence-electron chi connectivity index (χ0n) is 20.9. The lowest BCUT2D eigenvalue weighted by molar-refractivity contribution is 0.731. The van der Waals surface area contributed by atoms with Crippen LogP contribution in [-0.4, -0.2) is 24.5 Å². The van der Waals surface area contributed by atoms with Crippen molar-refractivity contribution < 1.29 is 0 Å². The zero-order chi connectivity index (χ0) is 26.9. The topological polar surface area (TPSA) is 135 Å². The first-order valence-corrected chi connectivity index (χ1v) is 12.3. The van der Waals surface area contributed by atoms with Crippen LogP contribution < -0.4 is 16.6 Å². The van der Waals surface area contributed by atoms with Crippen LogP contribution in [-0.2, 0) is 0 Å². The number of nitriles is 1. The van der Waals surface area contributed by atoms with Gasteiger partial charge in [0.15, 0.2) is 0 Å². The number of anilines is 2. The van der Waals surface area contributed by atoms with E-state index in [0.717, 1.165) is 22.0 Å². The van der Waals surface area contributed by atoms with E-state index in [1.54, 1.807) is 10.8 Å². The summed E-state index contributed by atoms with van der Waals surface area (Å²) in [4.78, 5) is 32.0. The summed E-state index contributed by atoms with van der Waals surface area (Å²) in [6, 6.07) is 26.4. The van der Waals surface area contributed by atoms with Gasteiger partial charge in [0.1, 0.15) is 23.3 Å². The minimum absolute atomic E-state index is 0.0317. The SMILES string of the molecule is C[C@H](Nc1nc(N)ncc1C#N)c1nc2cccc(-c3cnc4ccccc4c3)c2c(=O)n1-c1ccccc1. The summed E-state index contributed by atoms with van der Waals surface area (Å²) >= 11 is 0. The smallest absolute Gasteiger partial charge is 0.266 e. The highest BCUT2D eigenvalue weighted by atomic mass is 16.1. The molecule has 0 spiro atoms. The largest absolute Gasteiger partial charge is 0.368 e. The molecule has 0 saturated carbocycles. The Morgan fingerprint density at radius 1 is 0.923 bits per heavy atom. The lowest BCUT2D eigenvalue weighted by Crippen LogP contribution is -2.28. The highest BCUT2D eigenvalue weighted by molar-refractivity contribution is 5.96. The summed E-state index contributed by atoms with van der Waals surface area (Å²) in [7, 11) is 0. The van der Waals surface area contributed by atoms with E-state index in [9.17, 15) is 10.1 Å². The average Bonchev–Trinajstić information content (AvgIpc) is 2.97. The maximum Gasteiger partial charge on any atom is 0.266 e. The Balaban J connectivity index is 1.58. The van der Waals surface area contributed by atoms with E-state index < -0.39 is 6.04 Å². The normalized spacial score (nSPS) is 11.8. The lowest BCUT2D eigenvalue weighted by atomic mass is 10.0. The molecule has 3 aromatic carbocycles. The van der Waals surface area contributed by atoms with E-state index >= 15 is 0 Å². The highest BCUT2D eigenvalue weighted by Gasteiger charge is 2.21. The number of para-hydroxylation sites is 2. The van der Waals surface area contributed by atoms with Gasteiger partial charge in [0.2, 0.25) is 5.95 Å². The van der Waals surface area contributed by atoms with Crippen LogP contribution >= 0.6 is 0 Å². The number of pyridine rings is 1. The van der Waals surface area contributed by atoms with E-state index in [0.29, 0.717) is 22.4 Å². The van der Waals surface area contributed by atoms with Crippen LogP contribution in [0.15, 0.2) is 96.1 Å². The molecule has 0 bridgehead atoms. The Labute approximate surface area is 223 Å². The second-order valence-electron chi connectivity index (χ2n) is 9.03. The van der Waals surface area contributed by atoms with Gasteiger partial charge in [-0.2, -0.15) is 10.2 Å². The van der Waals surface area contributed by atoms with Crippen molar-refractivity contribution in [1.82, 2.24) is 24.5 Å². The molecule has 1 atom stereocenters. The van der Waals surface area contributed by atoms with Gasteiger partial charge in [0.05, 0.1) is 34.3 Å². The molecule has 0 fully saturated rings. The van der Waals surface area contributed by atoms with Gasteiger partial charge in [-0.1, -0.05) is 48.5 Å². The van der Waals surface area contributed by atoms with Gasteiger partial charge in [-0.05, 0) is 42.8 Å². The van der Waals surface area contributed by atoms with Crippen LogP contribution in [0.2, 0.25) is 0 Å². The Morgan fingerprint density at radius 2 is 1.69 bits per heavy atom. The molecule has 0 amide bonds. The number of hydrogen-bond donors (Lipinski definition) is 2. The Morgan fingerprint density at radius 3 is 2.51 bits per heavy atom. The van der Waals surface area contributed by atoms with Crippen molar-refractivity contribution in [3.63, 3.8) is 0 Å². The zero-order valence-corrected chi connectivity index (χ0v) is 20.9. The maximum absolute atomic E-state index is 14.3.